The van der Waals surface area contributed by atoms with Crippen molar-refractivity contribution in [1.29, 1.82) is 0 Å². The number of ether oxygens (including phenoxy) is 1. The van der Waals surface area contributed by atoms with Crippen LogP contribution in [0.3, 0.4) is 0 Å². The number of anilines is 1. The number of benzene rings is 2. The summed E-state index contributed by atoms with van der Waals surface area (Å²) in [7, 11) is 0. The largest absolute Gasteiger partial charge is 0.480 e. The number of amides is 1. The predicted molar refractivity (Wildman–Crippen MR) is 107 cm³/mol. The highest BCUT2D eigenvalue weighted by Gasteiger charge is 2.28. The van der Waals surface area contributed by atoms with E-state index >= 15 is 0 Å². The van der Waals surface area contributed by atoms with Gasteiger partial charge in [0.2, 0.25) is 0 Å². The molecule has 138 valence electrons. The Bertz CT molecular complexity index is 944. The Morgan fingerprint density at radius 3 is 2.59 bits per heavy atom. The lowest BCUT2D eigenvalue weighted by Crippen LogP contribution is -2.21. The number of aryl methyl sites for hydroxylation is 1. The van der Waals surface area contributed by atoms with Crippen LogP contribution in [-0.4, -0.2) is 29.3 Å². The van der Waals surface area contributed by atoms with E-state index in [1.807, 2.05) is 43.3 Å². The van der Waals surface area contributed by atoms with Crippen molar-refractivity contribution in [3.63, 3.8) is 0 Å². The van der Waals surface area contributed by atoms with Crippen molar-refractivity contribution in [3.05, 3.63) is 63.6 Å². The van der Waals surface area contributed by atoms with Crippen LogP contribution in [0.25, 0.3) is 6.08 Å². The second-order valence-electron chi connectivity index (χ2n) is 6.03. The fourth-order valence-electron chi connectivity index (χ4n) is 2.75. The first-order chi connectivity index (χ1) is 12.9. The van der Waals surface area contributed by atoms with E-state index in [0.29, 0.717) is 27.2 Å². The van der Waals surface area contributed by atoms with Gasteiger partial charge in [-0.15, -0.1) is 0 Å². The van der Waals surface area contributed by atoms with E-state index < -0.39 is 12.6 Å². The number of halogens is 1. The lowest BCUT2D eigenvalue weighted by atomic mass is 10.0. The minimum absolute atomic E-state index is 0.196. The average molecular weight is 429 g/mol. The van der Waals surface area contributed by atoms with E-state index in [1.165, 1.54) is 5.01 Å². The number of hydrogen-bond acceptors (Lipinski definition) is 4. The summed E-state index contributed by atoms with van der Waals surface area (Å²) in [4.78, 5) is 23.5. The average Bonchev–Trinajstić information content (AvgIpc) is 2.90. The van der Waals surface area contributed by atoms with Gasteiger partial charge in [0.05, 0.1) is 21.4 Å². The van der Waals surface area contributed by atoms with Crippen molar-refractivity contribution in [2.75, 3.05) is 11.6 Å². The van der Waals surface area contributed by atoms with E-state index in [0.717, 1.165) is 11.1 Å². The molecule has 1 heterocycles. The SMILES string of the molecule is CC1=NN(c2ccccc2)C(=O)/C1=C/c1cc(C)c(OCC(=O)O)c(Br)c1. The molecule has 2 aromatic carbocycles. The normalized spacial score (nSPS) is 15.2. The molecule has 1 amide bonds. The van der Waals surface area contributed by atoms with E-state index in [9.17, 15) is 9.59 Å². The van der Waals surface area contributed by atoms with Crippen LogP contribution >= 0.6 is 15.9 Å². The van der Waals surface area contributed by atoms with Gasteiger partial charge < -0.3 is 9.84 Å². The minimum atomic E-state index is -1.04. The molecule has 0 aliphatic carbocycles. The Balaban J connectivity index is 1.90. The Hall–Kier alpha value is -2.93. The van der Waals surface area contributed by atoms with Crippen molar-refractivity contribution in [2.45, 2.75) is 13.8 Å². The highest BCUT2D eigenvalue weighted by Crippen LogP contribution is 2.32. The molecule has 3 rings (SSSR count). The number of rotatable bonds is 5. The molecule has 0 unspecified atom stereocenters. The molecule has 0 radical (unpaired) electrons. The topological polar surface area (TPSA) is 79.2 Å². The number of hydrogen-bond donors (Lipinski definition) is 1. The first-order valence-corrected chi connectivity index (χ1v) is 8.97. The van der Waals surface area contributed by atoms with E-state index in [1.54, 1.807) is 19.1 Å². The molecule has 0 saturated heterocycles. The lowest BCUT2D eigenvalue weighted by molar-refractivity contribution is -0.139. The number of para-hydroxylation sites is 1. The van der Waals surface area contributed by atoms with Crippen LogP contribution in [0.5, 0.6) is 5.75 Å². The molecule has 0 spiro atoms. The smallest absolute Gasteiger partial charge is 0.341 e. The summed E-state index contributed by atoms with van der Waals surface area (Å²) in [5.74, 6) is -0.774. The maximum Gasteiger partial charge on any atom is 0.341 e. The maximum absolute atomic E-state index is 12.8. The number of hydrazone groups is 1. The van der Waals surface area contributed by atoms with Gasteiger partial charge >= 0.3 is 5.97 Å². The zero-order chi connectivity index (χ0) is 19.6. The predicted octanol–water partition coefficient (Wildman–Crippen LogP) is 4.03. The van der Waals surface area contributed by atoms with Crippen molar-refractivity contribution >= 4 is 45.3 Å². The molecule has 0 aromatic heterocycles. The van der Waals surface area contributed by atoms with Crippen molar-refractivity contribution in [3.8, 4) is 5.75 Å². The molecular weight excluding hydrogens is 412 g/mol. The van der Waals surface area contributed by atoms with Crippen LogP contribution in [0.2, 0.25) is 0 Å². The standard InChI is InChI=1S/C20H17BrN2O4/c1-12-8-14(10-17(21)19(12)27-11-18(24)25)9-16-13(2)22-23(20(16)26)15-6-4-3-5-7-15/h3-10H,11H2,1-2H3,(H,24,25)/b16-9+. The van der Waals surface area contributed by atoms with Crippen LogP contribution < -0.4 is 9.75 Å². The summed E-state index contributed by atoms with van der Waals surface area (Å²) >= 11 is 3.40. The Labute approximate surface area is 164 Å². The molecule has 0 saturated carbocycles. The summed E-state index contributed by atoms with van der Waals surface area (Å²) in [6, 6.07) is 12.9. The van der Waals surface area contributed by atoms with Gasteiger partial charge in [-0.3, -0.25) is 4.79 Å². The third-order valence-electron chi connectivity index (χ3n) is 3.97. The third-order valence-corrected chi connectivity index (χ3v) is 4.55. The molecule has 0 atom stereocenters. The molecule has 1 aliphatic heterocycles. The number of carbonyl (C=O) groups is 2. The lowest BCUT2D eigenvalue weighted by Gasteiger charge is -2.12. The van der Waals surface area contributed by atoms with Gasteiger partial charge in [-0.1, -0.05) is 18.2 Å². The van der Waals surface area contributed by atoms with E-state index in [4.69, 9.17) is 9.84 Å². The summed E-state index contributed by atoms with van der Waals surface area (Å²) in [6.45, 7) is 3.19. The van der Waals surface area contributed by atoms with Gasteiger partial charge in [0.1, 0.15) is 5.75 Å². The zero-order valence-corrected chi connectivity index (χ0v) is 16.4. The monoisotopic (exact) mass is 428 g/mol. The van der Waals surface area contributed by atoms with Gasteiger partial charge in [0.25, 0.3) is 5.91 Å². The second kappa shape index (κ2) is 7.75. The summed E-state index contributed by atoms with van der Waals surface area (Å²) in [5.41, 5.74) is 3.39. The minimum Gasteiger partial charge on any atom is -0.480 e. The number of carboxylic acid groups (broad SMARTS) is 1. The number of nitrogens with zero attached hydrogens (tertiary/aromatic N) is 2. The molecule has 2 aromatic rings. The summed E-state index contributed by atoms with van der Waals surface area (Å²) in [5, 5.41) is 14.5. The maximum atomic E-state index is 12.8. The highest BCUT2D eigenvalue weighted by atomic mass is 79.9. The first-order valence-electron chi connectivity index (χ1n) is 8.18. The fourth-order valence-corrected chi connectivity index (χ4v) is 3.44. The number of carboxylic acids is 1. The van der Waals surface area contributed by atoms with Crippen LogP contribution in [0.15, 0.2) is 57.6 Å². The summed E-state index contributed by atoms with van der Waals surface area (Å²) < 4.78 is 5.93. The molecule has 0 fully saturated rings. The summed E-state index contributed by atoms with van der Waals surface area (Å²) in [6.07, 6.45) is 1.77. The van der Waals surface area contributed by atoms with Crippen molar-refractivity contribution in [2.24, 2.45) is 5.10 Å². The molecular formula is C20H17BrN2O4. The number of aliphatic carboxylic acids is 1. The third kappa shape index (κ3) is 4.09. The molecule has 1 N–H and O–H groups in total. The van der Waals surface area contributed by atoms with Gasteiger partial charge in [0, 0.05) is 0 Å². The van der Waals surface area contributed by atoms with E-state index in [2.05, 4.69) is 21.0 Å². The molecule has 6 nitrogen and oxygen atoms in total. The quantitative estimate of drug-likeness (QED) is 0.729. The van der Waals surface area contributed by atoms with Gasteiger partial charge in [-0.2, -0.15) is 10.1 Å². The molecule has 7 heteroatoms. The van der Waals surface area contributed by atoms with Crippen LogP contribution in [0.4, 0.5) is 5.69 Å². The van der Waals surface area contributed by atoms with Crippen molar-refractivity contribution in [1.82, 2.24) is 0 Å². The molecule has 0 bridgehead atoms. The fraction of sp³-hybridized carbons (Fsp3) is 0.150. The Morgan fingerprint density at radius 1 is 1.26 bits per heavy atom. The van der Waals surface area contributed by atoms with Crippen LogP contribution in [0, 0.1) is 6.92 Å². The van der Waals surface area contributed by atoms with Gasteiger partial charge in [-0.25, -0.2) is 4.79 Å². The van der Waals surface area contributed by atoms with Gasteiger partial charge in [-0.05, 0) is 71.2 Å². The van der Waals surface area contributed by atoms with Crippen molar-refractivity contribution < 1.29 is 19.4 Å². The Morgan fingerprint density at radius 2 is 1.96 bits per heavy atom. The highest BCUT2D eigenvalue weighted by molar-refractivity contribution is 9.10. The zero-order valence-electron chi connectivity index (χ0n) is 14.8. The number of carbonyl (C=O) groups excluding carboxylic acids is 1. The van der Waals surface area contributed by atoms with Gasteiger partial charge in [0.15, 0.2) is 6.61 Å². The van der Waals surface area contributed by atoms with Crippen LogP contribution in [0.1, 0.15) is 18.1 Å². The van der Waals surface area contributed by atoms with E-state index in [-0.39, 0.29) is 5.91 Å². The van der Waals surface area contributed by atoms with Crippen LogP contribution in [-0.2, 0) is 9.59 Å². The Kier molecular flexibility index (Phi) is 5.41. The molecule has 27 heavy (non-hydrogen) atoms. The molecule has 1 aliphatic rings. The second-order valence-corrected chi connectivity index (χ2v) is 6.88. The first kappa shape index (κ1) is 18.8.